The van der Waals surface area contributed by atoms with Gasteiger partial charge < -0.3 is 5.32 Å². The van der Waals surface area contributed by atoms with Gasteiger partial charge in [-0.25, -0.2) is 0 Å². The summed E-state index contributed by atoms with van der Waals surface area (Å²) in [6, 6.07) is 10.2. The highest BCUT2D eigenvalue weighted by atomic mass is 32.1. The van der Waals surface area contributed by atoms with Gasteiger partial charge in [0.05, 0.1) is 0 Å². The lowest BCUT2D eigenvalue weighted by atomic mass is 10.1. The molecule has 2 aromatic rings. The minimum Gasteiger partial charge on any atom is -0.301 e. The van der Waals surface area contributed by atoms with Crippen LogP contribution in [0.5, 0.6) is 0 Å². The number of rotatable bonds is 8. The molecule has 22 heavy (non-hydrogen) atoms. The van der Waals surface area contributed by atoms with Gasteiger partial charge in [0.2, 0.25) is 11.0 Å². The van der Waals surface area contributed by atoms with E-state index >= 15 is 0 Å². The lowest BCUT2D eigenvalue weighted by Gasteiger charge is -2.05. The van der Waals surface area contributed by atoms with Crippen LogP contribution in [0.25, 0.3) is 0 Å². The Labute approximate surface area is 136 Å². The second kappa shape index (κ2) is 8.63. The number of amides is 1. The van der Waals surface area contributed by atoms with Crippen LogP contribution in [0.3, 0.4) is 0 Å². The average Bonchev–Trinajstić information content (AvgIpc) is 2.98. The number of hydrogen-bond acceptors (Lipinski definition) is 4. The molecule has 1 aromatic carbocycles. The molecule has 0 fully saturated rings. The molecule has 0 radical (unpaired) electrons. The minimum absolute atomic E-state index is 0.0168. The third-order valence-electron chi connectivity index (χ3n) is 3.73. The molecule has 0 aliphatic heterocycles. The third-order valence-corrected chi connectivity index (χ3v) is 4.74. The van der Waals surface area contributed by atoms with Gasteiger partial charge in [0.1, 0.15) is 5.01 Å². The maximum absolute atomic E-state index is 11.9. The quantitative estimate of drug-likeness (QED) is 0.785. The summed E-state index contributed by atoms with van der Waals surface area (Å²) in [6.07, 6.45) is 4.37. The maximum Gasteiger partial charge on any atom is 0.226 e. The zero-order valence-corrected chi connectivity index (χ0v) is 14.0. The van der Waals surface area contributed by atoms with E-state index in [9.17, 15) is 4.79 Å². The van der Waals surface area contributed by atoms with Crippen LogP contribution in [0, 0.1) is 0 Å². The monoisotopic (exact) mass is 317 g/mol. The van der Waals surface area contributed by atoms with Gasteiger partial charge in [-0.15, -0.1) is 10.2 Å². The van der Waals surface area contributed by atoms with Crippen LogP contribution in [-0.4, -0.2) is 16.1 Å². The summed E-state index contributed by atoms with van der Waals surface area (Å²) >= 11 is 1.49. The molecule has 5 heteroatoms. The number of benzene rings is 1. The smallest absolute Gasteiger partial charge is 0.226 e. The molecule has 0 atom stereocenters. The van der Waals surface area contributed by atoms with E-state index in [2.05, 4.69) is 41.5 Å². The summed E-state index contributed by atoms with van der Waals surface area (Å²) in [4.78, 5) is 11.9. The predicted octanol–water partition coefficient (Wildman–Crippen LogP) is 4.40. The number of aryl methyl sites for hydroxylation is 1. The van der Waals surface area contributed by atoms with E-state index in [4.69, 9.17) is 0 Å². The van der Waals surface area contributed by atoms with E-state index in [-0.39, 0.29) is 5.91 Å². The van der Waals surface area contributed by atoms with Crippen molar-refractivity contribution in [1.82, 2.24) is 10.2 Å². The summed E-state index contributed by atoms with van der Waals surface area (Å²) in [7, 11) is 0. The topological polar surface area (TPSA) is 54.9 Å². The molecule has 0 saturated heterocycles. The fourth-order valence-corrected chi connectivity index (χ4v) is 3.39. The number of nitrogens with one attached hydrogen (secondary N) is 1. The van der Waals surface area contributed by atoms with Crippen LogP contribution in [0.2, 0.25) is 0 Å². The first kappa shape index (κ1) is 16.6. The van der Waals surface area contributed by atoms with Crippen LogP contribution >= 0.6 is 11.3 Å². The second-order valence-electron chi connectivity index (χ2n) is 5.35. The van der Waals surface area contributed by atoms with Gasteiger partial charge in [-0.05, 0) is 31.2 Å². The zero-order chi connectivity index (χ0) is 15.8. The largest absolute Gasteiger partial charge is 0.301 e. The summed E-state index contributed by atoms with van der Waals surface area (Å²) in [5.74, 6) is 0.462. The third kappa shape index (κ3) is 4.91. The molecule has 0 aliphatic carbocycles. The van der Waals surface area contributed by atoms with E-state index in [1.807, 2.05) is 18.2 Å². The Morgan fingerprint density at radius 1 is 1.18 bits per heavy atom. The highest BCUT2D eigenvalue weighted by molar-refractivity contribution is 7.15. The normalized spacial score (nSPS) is 10.9. The summed E-state index contributed by atoms with van der Waals surface area (Å²) in [5, 5.41) is 12.8. The van der Waals surface area contributed by atoms with Gasteiger partial charge in [-0.2, -0.15) is 0 Å². The molecule has 2 rings (SSSR count). The van der Waals surface area contributed by atoms with Gasteiger partial charge in [0.25, 0.3) is 0 Å². The molecule has 4 nitrogen and oxygen atoms in total. The highest BCUT2D eigenvalue weighted by Crippen LogP contribution is 2.28. The maximum atomic E-state index is 11.9. The Balaban J connectivity index is 1.77. The molecule has 0 unspecified atom stereocenters. The van der Waals surface area contributed by atoms with Gasteiger partial charge in [0.15, 0.2) is 0 Å². The fraction of sp³-hybridized carbons (Fsp3) is 0.471. The van der Waals surface area contributed by atoms with E-state index < -0.39 is 0 Å². The number of anilines is 1. The van der Waals surface area contributed by atoms with Crippen LogP contribution in [0.15, 0.2) is 30.3 Å². The van der Waals surface area contributed by atoms with Gasteiger partial charge >= 0.3 is 0 Å². The fourth-order valence-electron chi connectivity index (χ4n) is 2.37. The molecule has 118 valence electrons. The number of nitrogens with zero attached hydrogens (tertiary/aromatic N) is 2. The van der Waals surface area contributed by atoms with Gasteiger partial charge in [0, 0.05) is 12.3 Å². The van der Waals surface area contributed by atoms with Crippen molar-refractivity contribution >= 4 is 22.4 Å². The standard InChI is InChI=1S/C17H23N3OS/c1-3-14(4-2)16-19-20-17(22-16)18-15(21)12-8-11-13-9-6-5-7-10-13/h5-7,9-10,14H,3-4,8,11-12H2,1-2H3,(H,18,20,21). The molecule has 0 spiro atoms. The highest BCUT2D eigenvalue weighted by Gasteiger charge is 2.14. The van der Waals surface area contributed by atoms with Crippen molar-refractivity contribution in [3.05, 3.63) is 40.9 Å². The Morgan fingerprint density at radius 2 is 1.91 bits per heavy atom. The van der Waals surface area contributed by atoms with Crippen molar-refractivity contribution in [1.29, 1.82) is 0 Å². The second-order valence-corrected chi connectivity index (χ2v) is 6.36. The van der Waals surface area contributed by atoms with Crippen molar-refractivity contribution in [3.8, 4) is 0 Å². The van der Waals surface area contributed by atoms with E-state index in [0.29, 0.717) is 17.5 Å². The minimum atomic E-state index is 0.0168. The molecule has 1 amide bonds. The Kier molecular flexibility index (Phi) is 6.52. The number of carbonyl (C=O) groups excluding carboxylic acids is 1. The first-order valence-electron chi connectivity index (χ1n) is 7.90. The Bertz CT molecular complexity index is 579. The van der Waals surface area contributed by atoms with E-state index in [0.717, 1.165) is 30.7 Å². The van der Waals surface area contributed by atoms with Gasteiger partial charge in [-0.1, -0.05) is 55.5 Å². The molecular formula is C17H23N3OS. The van der Waals surface area contributed by atoms with Crippen LogP contribution < -0.4 is 5.32 Å². The summed E-state index contributed by atoms with van der Waals surface area (Å²) in [5.41, 5.74) is 1.27. The van der Waals surface area contributed by atoms with E-state index in [1.54, 1.807) is 0 Å². The zero-order valence-electron chi connectivity index (χ0n) is 13.2. The molecule has 1 aromatic heterocycles. The number of carbonyl (C=O) groups is 1. The molecular weight excluding hydrogens is 294 g/mol. The SMILES string of the molecule is CCC(CC)c1nnc(NC(=O)CCCc2ccccc2)s1. The van der Waals surface area contributed by atoms with Crippen molar-refractivity contribution in [2.45, 2.75) is 51.9 Å². The summed E-state index contributed by atoms with van der Waals surface area (Å²) in [6.45, 7) is 4.30. The Hall–Kier alpha value is -1.75. The number of aromatic nitrogens is 2. The van der Waals surface area contributed by atoms with Crippen LogP contribution in [-0.2, 0) is 11.2 Å². The van der Waals surface area contributed by atoms with Crippen LogP contribution in [0.1, 0.15) is 56.0 Å². The van der Waals surface area contributed by atoms with Gasteiger partial charge in [-0.3, -0.25) is 4.79 Å². The number of hydrogen-bond donors (Lipinski definition) is 1. The van der Waals surface area contributed by atoms with Crippen LogP contribution in [0.4, 0.5) is 5.13 Å². The first-order valence-corrected chi connectivity index (χ1v) is 8.71. The lowest BCUT2D eigenvalue weighted by molar-refractivity contribution is -0.116. The molecule has 1 heterocycles. The first-order chi connectivity index (χ1) is 10.7. The van der Waals surface area contributed by atoms with Crippen molar-refractivity contribution in [2.75, 3.05) is 5.32 Å². The van der Waals surface area contributed by atoms with Crippen molar-refractivity contribution in [3.63, 3.8) is 0 Å². The van der Waals surface area contributed by atoms with E-state index in [1.165, 1.54) is 16.9 Å². The molecule has 0 bridgehead atoms. The molecule has 0 aliphatic rings. The molecule has 1 N–H and O–H groups in total. The van der Waals surface area contributed by atoms with Crippen molar-refractivity contribution < 1.29 is 4.79 Å². The predicted molar refractivity (Wildman–Crippen MR) is 91.2 cm³/mol. The Morgan fingerprint density at radius 3 is 2.59 bits per heavy atom. The summed E-state index contributed by atoms with van der Waals surface area (Å²) < 4.78 is 0. The van der Waals surface area contributed by atoms with Crippen molar-refractivity contribution in [2.24, 2.45) is 0 Å². The molecule has 0 saturated carbocycles. The average molecular weight is 317 g/mol. The lowest BCUT2D eigenvalue weighted by Crippen LogP contribution is -2.11.